The minimum absolute atomic E-state index is 0.0587. The Balaban J connectivity index is 1.24. The van der Waals surface area contributed by atoms with Crippen LogP contribution in [0.15, 0.2) is 30.3 Å². The number of hydrogen-bond donors (Lipinski definition) is 0. The van der Waals surface area contributed by atoms with Crippen molar-refractivity contribution in [3.63, 3.8) is 0 Å². The molecule has 1 aromatic rings. The summed E-state index contributed by atoms with van der Waals surface area (Å²) in [4.78, 5) is 33.4. The summed E-state index contributed by atoms with van der Waals surface area (Å²) in [6.45, 7) is 5.23. The SMILES string of the molecule is CCN1C(=O)C2CN(c3ccccc3)C3(CCN(C4CCC5CCCCC5C4)CC3)C2C1=O. The fourth-order valence-electron chi connectivity index (χ4n) is 8.45. The van der Waals surface area contributed by atoms with E-state index < -0.39 is 0 Å². The van der Waals surface area contributed by atoms with Crippen LogP contribution in [0.4, 0.5) is 5.69 Å². The van der Waals surface area contributed by atoms with Gasteiger partial charge in [-0.25, -0.2) is 0 Å². The molecule has 178 valence electrons. The van der Waals surface area contributed by atoms with Gasteiger partial charge in [-0.1, -0.05) is 43.9 Å². The Bertz CT molecular complexity index is 894. The molecule has 0 bridgehead atoms. The number of benzene rings is 1. The number of carbonyl (C=O) groups excluding carboxylic acids is 2. The van der Waals surface area contributed by atoms with E-state index in [0.717, 1.165) is 43.8 Å². The molecule has 1 aromatic carbocycles. The van der Waals surface area contributed by atoms with Crippen molar-refractivity contribution in [1.29, 1.82) is 0 Å². The zero-order valence-corrected chi connectivity index (χ0v) is 20.1. The van der Waals surface area contributed by atoms with Crippen molar-refractivity contribution in [2.24, 2.45) is 23.7 Å². The summed E-state index contributed by atoms with van der Waals surface area (Å²) in [5, 5.41) is 0. The van der Waals surface area contributed by atoms with Gasteiger partial charge in [0.25, 0.3) is 0 Å². The first-order valence-electron chi connectivity index (χ1n) is 13.5. The smallest absolute Gasteiger partial charge is 0.235 e. The fourth-order valence-corrected chi connectivity index (χ4v) is 8.45. The molecule has 2 saturated carbocycles. The van der Waals surface area contributed by atoms with Crippen molar-refractivity contribution >= 4 is 17.5 Å². The number of imide groups is 1. The van der Waals surface area contributed by atoms with Crippen LogP contribution in [-0.2, 0) is 9.59 Å². The summed E-state index contributed by atoms with van der Waals surface area (Å²) in [7, 11) is 0. The lowest BCUT2D eigenvalue weighted by Gasteiger charge is -2.51. The van der Waals surface area contributed by atoms with E-state index in [-0.39, 0.29) is 29.2 Å². The van der Waals surface area contributed by atoms with Gasteiger partial charge < -0.3 is 9.80 Å². The molecule has 5 unspecified atom stereocenters. The molecule has 5 atom stereocenters. The maximum atomic E-state index is 13.5. The Kier molecular flexibility index (Phi) is 5.51. The van der Waals surface area contributed by atoms with Crippen LogP contribution in [0.5, 0.6) is 0 Å². The molecule has 3 heterocycles. The molecule has 6 rings (SSSR count). The number of anilines is 1. The van der Waals surface area contributed by atoms with Crippen molar-refractivity contribution in [3.05, 3.63) is 30.3 Å². The summed E-state index contributed by atoms with van der Waals surface area (Å²) in [5.41, 5.74) is 0.952. The van der Waals surface area contributed by atoms with Crippen LogP contribution in [0.25, 0.3) is 0 Å². The van der Waals surface area contributed by atoms with Gasteiger partial charge in [0.1, 0.15) is 0 Å². The van der Waals surface area contributed by atoms with Crippen molar-refractivity contribution in [3.8, 4) is 0 Å². The van der Waals surface area contributed by atoms with Crippen molar-refractivity contribution < 1.29 is 9.59 Å². The highest BCUT2D eigenvalue weighted by molar-refractivity contribution is 6.07. The average molecular weight is 450 g/mol. The van der Waals surface area contributed by atoms with Crippen LogP contribution in [-0.4, -0.2) is 59.4 Å². The van der Waals surface area contributed by atoms with Crippen molar-refractivity contribution in [2.45, 2.75) is 76.3 Å². The van der Waals surface area contributed by atoms with Crippen LogP contribution in [0.2, 0.25) is 0 Å². The molecule has 0 radical (unpaired) electrons. The van der Waals surface area contributed by atoms with Gasteiger partial charge in [0.05, 0.1) is 17.4 Å². The topological polar surface area (TPSA) is 43.9 Å². The predicted octanol–water partition coefficient (Wildman–Crippen LogP) is 4.32. The van der Waals surface area contributed by atoms with Gasteiger partial charge in [0, 0.05) is 37.9 Å². The lowest BCUT2D eigenvalue weighted by molar-refractivity contribution is -0.140. The third-order valence-corrected chi connectivity index (χ3v) is 10.1. The number of amides is 2. The van der Waals surface area contributed by atoms with E-state index in [0.29, 0.717) is 13.1 Å². The number of piperidine rings is 1. The Labute approximate surface area is 198 Å². The molecule has 1 spiro atoms. The molecule has 3 saturated heterocycles. The van der Waals surface area contributed by atoms with Crippen LogP contribution >= 0.6 is 0 Å². The number of para-hydroxylation sites is 1. The second kappa shape index (κ2) is 8.41. The molecule has 5 nitrogen and oxygen atoms in total. The molecular formula is C28H39N3O2. The van der Waals surface area contributed by atoms with Gasteiger partial charge in [-0.2, -0.15) is 0 Å². The monoisotopic (exact) mass is 449 g/mol. The highest BCUT2D eigenvalue weighted by atomic mass is 16.2. The highest BCUT2D eigenvalue weighted by Crippen LogP contribution is 2.52. The first-order chi connectivity index (χ1) is 16.1. The molecule has 0 N–H and O–H groups in total. The minimum Gasteiger partial charge on any atom is -0.364 e. The van der Waals surface area contributed by atoms with E-state index in [9.17, 15) is 9.59 Å². The number of hydrogen-bond acceptors (Lipinski definition) is 4. The molecule has 3 aliphatic heterocycles. The van der Waals surface area contributed by atoms with E-state index in [2.05, 4.69) is 34.1 Å². The lowest BCUT2D eigenvalue weighted by Crippen LogP contribution is -2.59. The van der Waals surface area contributed by atoms with Crippen LogP contribution in [0, 0.1) is 23.7 Å². The van der Waals surface area contributed by atoms with Crippen LogP contribution in [0.1, 0.15) is 64.7 Å². The summed E-state index contributed by atoms with van der Waals surface area (Å²) < 4.78 is 0. The lowest BCUT2D eigenvalue weighted by atomic mass is 9.68. The summed E-state index contributed by atoms with van der Waals surface area (Å²) >= 11 is 0. The molecule has 2 amide bonds. The number of nitrogens with zero attached hydrogens (tertiary/aromatic N) is 3. The second-order valence-corrected chi connectivity index (χ2v) is 11.4. The first kappa shape index (κ1) is 21.6. The number of carbonyl (C=O) groups is 2. The van der Waals surface area contributed by atoms with Gasteiger partial charge in [0.15, 0.2) is 0 Å². The third-order valence-electron chi connectivity index (χ3n) is 10.1. The van der Waals surface area contributed by atoms with Crippen LogP contribution < -0.4 is 4.90 Å². The predicted molar refractivity (Wildman–Crippen MR) is 130 cm³/mol. The van der Waals surface area contributed by atoms with Gasteiger partial charge in [-0.05, 0) is 63.0 Å². The number of fused-ring (bicyclic) bond motifs is 3. The molecule has 5 fully saturated rings. The average Bonchev–Trinajstić information content (AvgIpc) is 3.31. The summed E-state index contributed by atoms with van der Waals surface area (Å²) in [6.07, 6.45) is 11.9. The molecule has 33 heavy (non-hydrogen) atoms. The molecule has 2 aliphatic carbocycles. The Hall–Kier alpha value is -1.88. The quantitative estimate of drug-likeness (QED) is 0.645. The molecule has 0 aromatic heterocycles. The first-order valence-corrected chi connectivity index (χ1v) is 13.5. The Morgan fingerprint density at radius 1 is 0.909 bits per heavy atom. The van der Waals surface area contributed by atoms with Gasteiger partial charge in [0.2, 0.25) is 11.8 Å². The number of rotatable bonds is 3. The highest BCUT2D eigenvalue weighted by Gasteiger charge is 2.64. The van der Waals surface area contributed by atoms with Crippen LogP contribution in [0.3, 0.4) is 0 Å². The summed E-state index contributed by atoms with van der Waals surface area (Å²) in [6, 6.07) is 11.2. The fraction of sp³-hybridized carbons (Fsp3) is 0.714. The molecule has 5 aliphatic rings. The van der Waals surface area contributed by atoms with E-state index >= 15 is 0 Å². The number of likely N-dealkylation sites (tertiary alicyclic amines) is 2. The van der Waals surface area contributed by atoms with E-state index in [4.69, 9.17) is 0 Å². The Morgan fingerprint density at radius 3 is 2.36 bits per heavy atom. The van der Waals surface area contributed by atoms with Crippen molar-refractivity contribution in [2.75, 3.05) is 31.1 Å². The van der Waals surface area contributed by atoms with Gasteiger partial charge in [-0.15, -0.1) is 0 Å². The largest absolute Gasteiger partial charge is 0.364 e. The van der Waals surface area contributed by atoms with E-state index in [1.165, 1.54) is 55.5 Å². The van der Waals surface area contributed by atoms with Crippen molar-refractivity contribution in [1.82, 2.24) is 9.80 Å². The second-order valence-electron chi connectivity index (χ2n) is 11.4. The maximum absolute atomic E-state index is 13.5. The standard InChI is InChI=1S/C28H39N3O2/c1-2-30-26(32)24-19-31(22-10-4-3-5-11-22)28(25(24)27(30)33)14-16-29(17-15-28)23-13-12-20-8-6-7-9-21(20)18-23/h3-5,10-11,20-21,23-25H,2,6-9,12-19H2,1H3. The molecule has 5 heteroatoms. The Morgan fingerprint density at radius 2 is 1.64 bits per heavy atom. The summed E-state index contributed by atoms with van der Waals surface area (Å²) in [5.74, 6) is 1.71. The van der Waals surface area contributed by atoms with E-state index in [1.807, 2.05) is 13.0 Å². The van der Waals surface area contributed by atoms with Gasteiger partial charge >= 0.3 is 0 Å². The minimum atomic E-state index is -0.221. The van der Waals surface area contributed by atoms with Gasteiger partial charge in [-0.3, -0.25) is 14.5 Å². The zero-order chi connectivity index (χ0) is 22.6. The molecular weight excluding hydrogens is 410 g/mol. The normalized spacial score (nSPS) is 36.3. The third kappa shape index (κ3) is 3.37. The van der Waals surface area contributed by atoms with E-state index in [1.54, 1.807) is 0 Å². The zero-order valence-electron chi connectivity index (χ0n) is 20.1. The maximum Gasteiger partial charge on any atom is 0.235 e.